The number of aryl methyl sites for hydroxylation is 1. The summed E-state index contributed by atoms with van der Waals surface area (Å²) in [6.07, 6.45) is 6.62. The van der Waals surface area contributed by atoms with E-state index in [1.165, 1.54) is 23.1 Å². The largest absolute Gasteiger partial charge is 0.490 e. The van der Waals surface area contributed by atoms with Crippen molar-refractivity contribution in [3.63, 3.8) is 0 Å². The van der Waals surface area contributed by atoms with Gasteiger partial charge in [-0.2, -0.15) is 0 Å². The lowest BCUT2D eigenvalue weighted by atomic mass is 9.79. The van der Waals surface area contributed by atoms with E-state index in [0.29, 0.717) is 19.1 Å². The van der Waals surface area contributed by atoms with E-state index in [4.69, 9.17) is 14.6 Å². The van der Waals surface area contributed by atoms with Crippen LogP contribution in [0.3, 0.4) is 0 Å². The average Bonchev–Trinajstić information content (AvgIpc) is 3.66. The van der Waals surface area contributed by atoms with E-state index in [2.05, 4.69) is 63.2 Å². The van der Waals surface area contributed by atoms with E-state index in [1.54, 1.807) is 0 Å². The van der Waals surface area contributed by atoms with E-state index in [9.17, 15) is 4.79 Å². The summed E-state index contributed by atoms with van der Waals surface area (Å²) >= 11 is 0. The molecule has 0 aromatic heterocycles. The molecule has 190 valence electrons. The van der Waals surface area contributed by atoms with Crippen molar-refractivity contribution in [2.45, 2.75) is 78.4 Å². The second-order valence-electron chi connectivity index (χ2n) is 10.8. The van der Waals surface area contributed by atoms with E-state index < -0.39 is 5.97 Å². The predicted molar refractivity (Wildman–Crippen MR) is 145 cm³/mol. The molecule has 1 aliphatic rings. The number of hydrogen-bond donors (Lipinski definition) is 1. The Kier molecular flexibility index (Phi) is 8.35. The zero-order valence-corrected chi connectivity index (χ0v) is 21.8. The Morgan fingerprint density at radius 1 is 0.972 bits per heavy atom. The molecule has 4 heteroatoms. The number of carbonyl (C=O) groups is 1. The van der Waals surface area contributed by atoms with Crippen LogP contribution in [0.5, 0.6) is 11.5 Å². The minimum absolute atomic E-state index is 0.120. The molecule has 0 amide bonds. The van der Waals surface area contributed by atoms with E-state index in [0.717, 1.165) is 48.3 Å². The van der Waals surface area contributed by atoms with E-state index >= 15 is 0 Å². The van der Waals surface area contributed by atoms with Crippen LogP contribution in [0.25, 0.3) is 11.1 Å². The van der Waals surface area contributed by atoms with Crippen LogP contribution in [0.1, 0.15) is 69.6 Å². The molecule has 4 rings (SSSR count). The van der Waals surface area contributed by atoms with Gasteiger partial charge in [-0.3, -0.25) is 4.79 Å². The number of carboxylic acid groups (broad SMARTS) is 1. The highest BCUT2D eigenvalue weighted by Crippen LogP contribution is 2.36. The lowest BCUT2D eigenvalue weighted by Crippen LogP contribution is -2.15. The van der Waals surface area contributed by atoms with Gasteiger partial charge in [0, 0.05) is 6.42 Å². The number of ether oxygens (including phenoxy) is 2. The minimum Gasteiger partial charge on any atom is -0.490 e. The Bertz CT molecular complexity index is 1180. The van der Waals surface area contributed by atoms with Gasteiger partial charge >= 0.3 is 5.97 Å². The van der Waals surface area contributed by atoms with Gasteiger partial charge in [-0.25, -0.2) is 0 Å². The number of rotatable bonds is 13. The second-order valence-corrected chi connectivity index (χ2v) is 10.8. The molecule has 0 saturated heterocycles. The Labute approximate surface area is 215 Å². The van der Waals surface area contributed by atoms with Crippen LogP contribution in [-0.2, 0) is 24.2 Å². The molecule has 3 aromatic carbocycles. The molecule has 3 aromatic rings. The Morgan fingerprint density at radius 2 is 1.75 bits per heavy atom. The van der Waals surface area contributed by atoms with Crippen molar-refractivity contribution in [2.75, 3.05) is 0 Å². The zero-order valence-electron chi connectivity index (χ0n) is 21.8. The summed E-state index contributed by atoms with van der Waals surface area (Å²) in [6, 6.07) is 22.9. The molecule has 0 aliphatic heterocycles. The molecule has 4 nitrogen and oxygen atoms in total. The van der Waals surface area contributed by atoms with Gasteiger partial charge in [-0.05, 0) is 89.6 Å². The third kappa shape index (κ3) is 7.61. The summed E-state index contributed by atoms with van der Waals surface area (Å²) in [6.45, 7) is 7.41. The molecule has 1 aliphatic carbocycles. The molecule has 0 radical (unpaired) electrons. The molecular formula is C32H38O4. The number of benzene rings is 3. The fourth-order valence-corrected chi connectivity index (χ4v) is 4.77. The molecule has 0 spiro atoms. The van der Waals surface area contributed by atoms with Crippen LogP contribution in [0, 0.1) is 5.41 Å². The molecule has 1 N–H and O–H groups in total. The van der Waals surface area contributed by atoms with Crippen molar-refractivity contribution in [3.05, 3.63) is 83.4 Å². The lowest BCUT2D eigenvalue weighted by molar-refractivity contribution is -0.136. The maximum atomic E-state index is 10.9. The highest BCUT2D eigenvalue weighted by molar-refractivity contribution is 5.69. The Hall–Kier alpha value is -3.27. The van der Waals surface area contributed by atoms with Gasteiger partial charge in [-0.1, -0.05) is 69.7 Å². The zero-order chi connectivity index (χ0) is 25.5. The minimum atomic E-state index is -0.787. The van der Waals surface area contributed by atoms with Crippen molar-refractivity contribution in [1.82, 2.24) is 0 Å². The first-order valence-electron chi connectivity index (χ1n) is 13.1. The standard InChI is InChI=1S/C32H38O4/c1-4-17-32(2,3)21-26-18-24(22-35-28-9-5-7-23(19-28)12-16-31(33)34)11-15-30(26)25-8-6-10-29(20-25)36-27-13-14-27/h5-11,15,18-20,27H,4,12-14,16-17,21-22H2,1-3H3,(H,33,34). The fraction of sp³-hybridized carbons (Fsp3) is 0.406. The van der Waals surface area contributed by atoms with Crippen molar-refractivity contribution >= 4 is 5.97 Å². The van der Waals surface area contributed by atoms with Gasteiger partial charge in [0.15, 0.2) is 0 Å². The third-order valence-electron chi connectivity index (χ3n) is 6.67. The Morgan fingerprint density at radius 3 is 2.50 bits per heavy atom. The molecule has 1 fully saturated rings. The lowest BCUT2D eigenvalue weighted by Gasteiger charge is -2.26. The van der Waals surface area contributed by atoms with E-state index in [1.807, 2.05) is 24.3 Å². The summed E-state index contributed by atoms with van der Waals surface area (Å²) in [5.41, 5.74) is 6.06. The van der Waals surface area contributed by atoms with Crippen molar-refractivity contribution in [1.29, 1.82) is 0 Å². The van der Waals surface area contributed by atoms with Crippen LogP contribution in [-0.4, -0.2) is 17.2 Å². The van der Waals surface area contributed by atoms with Crippen molar-refractivity contribution in [2.24, 2.45) is 5.41 Å². The van der Waals surface area contributed by atoms with Gasteiger partial charge in [0.2, 0.25) is 0 Å². The molecular weight excluding hydrogens is 448 g/mol. The van der Waals surface area contributed by atoms with Crippen LogP contribution < -0.4 is 9.47 Å². The van der Waals surface area contributed by atoms with Gasteiger partial charge in [-0.15, -0.1) is 0 Å². The average molecular weight is 487 g/mol. The molecule has 36 heavy (non-hydrogen) atoms. The summed E-state index contributed by atoms with van der Waals surface area (Å²) in [7, 11) is 0. The van der Waals surface area contributed by atoms with Crippen LogP contribution in [0.4, 0.5) is 0 Å². The first kappa shape index (κ1) is 25.8. The second kappa shape index (κ2) is 11.6. The van der Waals surface area contributed by atoms with Gasteiger partial charge < -0.3 is 14.6 Å². The monoisotopic (exact) mass is 486 g/mol. The van der Waals surface area contributed by atoms with Gasteiger partial charge in [0.05, 0.1) is 6.10 Å². The maximum Gasteiger partial charge on any atom is 0.303 e. The van der Waals surface area contributed by atoms with Crippen LogP contribution in [0.2, 0.25) is 0 Å². The molecule has 1 saturated carbocycles. The molecule has 0 atom stereocenters. The third-order valence-corrected chi connectivity index (χ3v) is 6.67. The highest BCUT2D eigenvalue weighted by atomic mass is 16.5. The van der Waals surface area contributed by atoms with E-state index in [-0.39, 0.29) is 11.8 Å². The van der Waals surface area contributed by atoms with Crippen molar-refractivity contribution in [3.8, 4) is 22.6 Å². The van der Waals surface area contributed by atoms with Crippen molar-refractivity contribution < 1.29 is 19.4 Å². The smallest absolute Gasteiger partial charge is 0.303 e. The number of hydrogen-bond acceptors (Lipinski definition) is 3. The number of carboxylic acids is 1. The molecule has 0 bridgehead atoms. The normalized spacial score (nSPS) is 13.4. The quantitative estimate of drug-likeness (QED) is 0.267. The predicted octanol–water partition coefficient (Wildman–Crippen LogP) is 7.86. The summed E-state index contributed by atoms with van der Waals surface area (Å²) in [5, 5.41) is 8.96. The fourth-order valence-electron chi connectivity index (χ4n) is 4.77. The topological polar surface area (TPSA) is 55.8 Å². The maximum absolute atomic E-state index is 10.9. The summed E-state index contributed by atoms with van der Waals surface area (Å²) in [5.74, 6) is 0.924. The summed E-state index contributed by atoms with van der Waals surface area (Å²) < 4.78 is 12.2. The SMILES string of the molecule is CCCC(C)(C)Cc1cc(COc2cccc(CCC(=O)O)c2)ccc1-c1cccc(OC2CC2)c1. The van der Waals surface area contributed by atoms with Gasteiger partial charge in [0.25, 0.3) is 0 Å². The summed E-state index contributed by atoms with van der Waals surface area (Å²) in [4.78, 5) is 10.9. The van der Waals surface area contributed by atoms with Crippen LogP contribution in [0.15, 0.2) is 66.7 Å². The highest BCUT2D eigenvalue weighted by Gasteiger charge is 2.24. The molecule has 0 unspecified atom stereocenters. The van der Waals surface area contributed by atoms with Crippen LogP contribution >= 0.6 is 0 Å². The number of aliphatic carboxylic acids is 1. The molecule has 0 heterocycles. The Balaban J connectivity index is 1.55. The first-order valence-corrected chi connectivity index (χ1v) is 13.1. The first-order chi connectivity index (χ1) is 17.3. The van der Waals surface area contributed by atoms with Gasteiger partial charge in [0.1, 0.15) is 18.1 Å².